The molecule has 0 aliphatic rings. The average Bonchev–Trinajstić information content (AvgIpc) is 1.88. The molecule has 0 amide bonds. The number of nitrogens with two attached hydrogens (primary N) is 3. The summed E-state index contributed by atoms with van der Waals surface area (Å²) in [5.74, 6) is 0. The zero-order valence-corrected chi connectivity index (χ0v) is 6.08. The van der Waals surface area contributed by atoms with Crippen LogP contribution in [0.2, 0.25) is 0 Å². The molecule has 4 nitrogen and oxygen atoms in total. The Balaban J connectivity index is 0.000000461. The second kappa shape index (κ2) is 4.16. The summed E-state index contributed by atoms with van der Waals surface area (Å²) >= 11 is 0. The van der Waals surface area contributed by atoms with Gasteiger partial charge in [0, 0.05) is 17.1 Å². The summed E-state index contributed by atoms with van der Waals surface area (Å²) in [6, 6.07) is 4.99. The Bertz CT molecular complexity index is 187. The van der Waals surface area contributed by atoms with E-state index >= 15 is 0 Å². The molecular formula is C7H11N3O. The second-order valence-electron chi connectivity index (χ2n) is 1.93. The average molecular weight is 153 g/mol. The smallest absolute Gasteiger partial charge is 0.106 e. The van der Waals surface area contributed by atoms with Gasteiger partial charge >= 0.3 is 0 Å². The summed E-state index contributed by atoms with van der Waals surface area (Å²) in [7, 11) is 0. The standard InChI is InChI=1S/C6H9N3.CH2O/c7-4-1-5(8)3-6(9)2-4;1-2/h1-3H,7-9H2;1H2. The van der Waals surface area contributed by atoms with Crippen LogP contribution in [0.25, 0.3) is 0 Å². The fourth-order valence-corrected chi connectivity index (χ4v) is 0.702. The summed E-state index contributed by atoms with van der Waals surface area (Å²) in [5.41, 5.74) is 18.0. The molecule has 0 aliphatic heterocycles. The van der Waals surface area contributed by atoms with Gasteiger partial charge in [-0.15, -0.1) is 0 Å². The molecule has 0 aliphatic carbocycles. The summed E-state index contributed by atoms with van der Waals surface area (Å²) < 4.78 is 0. The van der Waals surface area contributed by atoms with Gasteiger partial charge in [0.2, 0.25) is 0 Å². The highest BCUT2D eigenvalue weighted by Gasteiger charge is 1.89. The zero-order chi connectivity index (χ0) is 8.85. The molecule has 6 N–H and O–H groups in total. The summed E-state index contributed by atoms with van der Waals surface area (Å²) in [5, 5.41) is 0. The highest BCUT2D eigenvalue weighted by molar-refractivity contribution is 5.61. The van der Waals surface area contributed by atoms with Crippen molar-refractivity contribution in [3.63, 3.8) is 0 Å². The monoisotopic (exact) mass is 153 g/mol. The molecule has 0 saturated heterocycles. The number of anilines is 3. The molecule has 1 aromatic carbocycles. The molecular weight excluding hydrogens is 142 g/mol. The van der Waals surface area contributed by atoms with Gasteiger partial charge in [-0.3, -0.25) is 0 Å². The number of rotatable bonds is 0. The fourth-order valence-electron chi connectivity index (χ4n) is 0.702. The van der Waals surface area contributed by atoms with E-state index in [9.17, 15) is 0 Å². The minimum absolute atomic E-state index is 0.604. The molecule has 0 spiro atoms. The fraction of sp³-hybridized carbons (Fsp3) is 0. The van der Waals surface area contributed by atoms with Gasteiger partial charge in [-0.05, 0) is 18.2 Å². The lowest BCUT2D eigenvalue weighted by molar-refractivity contribution is -0.0979. The van der Waals surface area contributed by atoms with Crippen molar-refractivity contribution >= 4 is 23.9 Å². The Morgan fingerprint density at radius 1 is 0.818 bits per heavy atom. The lowest BCUT2D eigenvalue weighted by Crippen LogP contribution is -1.93. The van der Waals surface area contributed by atoms with E-state index in [1.165, 1.54) is 0 Å². The molecule has 0 fully saturated rings. The quantitative estimate of drug-likeness (QED) is 0.465. The van der Waals surface area contributed by atoms with Crippen molar-refractivity contribution in [3.05, 3.63) is 18.2 Å². The van der Waals surface area contributed by atoms with E-state index in [1.54, 1.807) is 18.2 Å². The Hall–Kier alpha value is -1.71. The first-order valence-corrected chi connectivity index (χ1v) is 2.89. The van der Waals surface area contributed by atoms with E-state index in [4.69, 9.17) is 22.0 Å². The number of carbonyl (C=O) groups excluding carboxylic acids is 1. The molecule has 0 unspecified atom stereocenters. The molecule has 0 heterocycles. The van der Waals surface area contributed by atoms with Gasteiger partial charge < -0.3 is 22.0 Å². The Morgan fingerprint density at radius 3 is 1.18 bits per heavy atom. The van der Waals surface area contributed by atoms with E-state index in [0.29, 0.717) is 17.1 Å². The van der Waals surface area contributed by atoms with Crippen LogP contribution in [0, 0.1) is 0 Å². The number of hydrogen-bond donors (Lipinski definition) is 3. The molecule has 0 radical (unpaired) electrons. The predicted octanol–water partition coefficient (Wildman–Crippen LogP) is 0.248. The molecule has 0 saturated carbocycles. The van der Waals surface area contributed by atoms with Crippen LogP contribution in [0.15, 0.2) is 18.2 Å². The predicted molar refractivity (Wildman–Crippen MR) is 46.8 cm³/mol. The van der Waals surface area contributed by atoms with E-state index in [1.807, 2.05) is 6.79 Å². The van der Waals surface area contributed by atoms with E-state index in [-0.39, 0.29) is 0 Å². The van der Waals surface area contributed by atoms with Gasteiger partial charge in [0.15, 0.2) is 0 Å². The van der Waals surface area contributed by atoms with Crippen molar-refractivity contribution < 1.29 is 4.79 Å². The summed E-state index contributed by atoms with van der Waals surface area (Å²) in [6.07, 6.45) is 0. The second-order valence-corrected chi connectivity index (χ2v) is 1.93. The molecule has 1 aromatic rings. The van der Waals surface area contributed by atoms with Crippen LogP contribution in [0.4, 0.5) is 17.1 Å². The first-order chi connectivity index (χ1) is 5.18. The van der Waals surface area contributed by atoms with Crippen LogP contribution >= 0.6 is 0 Å². The van der Waals surface area contributed by atoms with E-state index in [0.717, 1.165) is 0 Å². The zero-order valence-electron chi connectivity index (χ0n) is 6.08. The lowest BCUT2D eigenvalue weighted by atomic mass is 10.2. The van der Waals surface area contributed by atoms with E-state index < -0.39 is 0 Å². The first-order valence-electron chi connectivity index (χ1n) is 2.89. The van der Waals surface area contributed by atoms with Crippen LogP contribution in [0.1, 0.15) is 0 Å². The number of carbonyl (C=O) groups is 1. The van der Waals surface area contributed by atoms with Gasteiger partial charge in [-0.1, -0.05) is 0 Å². The van der Waals surface area contributed by atoms with Gasteiger partial charge in [0.05, 0.1) is 0 Å². The van der Waals surface area contributed by atoms with Crippen LogP contribution in [0.3, 0.4) is 0 Å². The number of hydrogen-bond acceptors (Lipinski definition) is 4. The largest absolute Gasteiger partial charge is 0.399 e. The molecule has 0 atom stereocenters. The maximum atomic E-state index is 8.00. The van der Waals surface area contributed by atoms with Crippen molar-refractivity contribution in [2.24, 2.45) is 0 Å². The molecule has 11 heavy (non-hydrogen) atoms. The number of nitrogen functional groups attached to an aromatic ring is 3. The molecule has 0 bridgehead atoms. The molecule has 4 heteroatoms. The van der Waals surface area contributed by atoms with Crippen molar-refractivity contribution in [1.29, 1.82) is 0 Å². The van der Waals surface area contributed by atoms with Crippen molar-refractivity contribution in [2.45, 2.75) is 0 Å². The topological polar surface area (TPSA) is 95.1 Å². The third-order valence-corrected chi connectivity index (χ3v) is 1.00. The van der Waals surface area contributed by atoms with Crippen LogP contribution in [-0.2, 0) is 4.79 Å². The maximum absolute atomic E-state index is 8.00. The Kier molecular flexibility index (Phi) is 3.51. The van der Waals surface area contributed by atoms with Gasteiger partial charge in [-0.2, -0.15) is 0 Å². The third kappa shape index (κ3) is 3.10. The first kappa shape index (κ1) is 9.29. The third-order valence-electron chi connectivity index (χ3n) is 1.00. The van der Waals surface area contributed by atoms with Crippen molar-refractivity contribution in [3.8, 4) is 0 Å². The highest BCUT2D eigenvalue weighted by atomic mass is 16.1. The normalized spacial score (nSPS) is 8.00. The highest BCUT2D eigenvalue weighted by Crippen LogP contribution is 2.14. The number of benzene rings is 1. The maximum Gasteiger partial charge on any atom is 0.106 e. The Morgan fingerprint density at radius 2 is 1.00 bits per heavy atom. The van der Waals surface area contributed by atoms with Crippen LogP contribution < -0.4 is 17.2 Å². The lowest BCUT2D eigenvalue weighted by Gasteiger charge is -1.97. The summed E-state index contributed by atoms with van der Waals surface area (Å²) in [6.45, 7) is 2.00. The van der Waals surface area contributed by atoms with E-state index in [2.05, 4.69) is 0 Å². The molecule has 0 aromatic heterocycles. The van der Waals surface area contributed by atoms with Gasteiger partial charge in [0.1, 0.15) is 6.79 Å². The molecule has 1 rings (SSSR count). The SMILES string of the molecule is C=O.Nc1cc(N)cc(N)c1. The van der Waals surface area contributed by atoms with Gasteiger partial charge in [0.25, 0.3) is 0 Å². The van der Waals surface area contributed by atoms with Crippen molar-refractivity contribution in [1.82, 2.24) is 0 Å². The minimum atomic E-state index is 0.604. The van der Waals surface area contributed by atoms with Crippen LogP contribution in [0.5, 0.6) is 0 Å². The van der Waals surface area contributed by atoms with Crippen molar-refractivity contribution in [2.75, 3.05) is 17.2 Å². The molecule has 60 valence electrons. The minimum Gasteiger partial charge on any atom is -0.399 e. The van der Waals surface area contributed by atoms with Gasteiger partial charge in [-0.25, -0.2) is 0 Å². The van der Waals surface area contributed by atoms with Crippen LogP contribution in [-0.4, -0.2) is 6.79 Å². The summed E-state index contributed by atoms with van der Waals surface area (Å²) in [4.78, 5) is 8.00. The Labute approximate surface area is 65.0 Å².